The van der Waals surface area contributed by atoms with Crippen molar-refractivity contribution in [2.24, 2.45) is 0 Å². The lowest BCUT2D eigenvalue weighted by atomic mass is 10.0. The summed E-state index contributed by atoms with van der Waals surface area (Å²) in [4.78, 5) is 10.5. The number of anilines is 1. The van der Waals surface area contributed by atoms with Crippen molar-refractivity contribution in [2.45, 2.75) is 51.5 Å². The van der Waals surface area contributed by atoms with Crippen molar-refractivity contribution in [2.75, 3.05) is 12.4 Å². The maximum Gasteiger partial charge on any atom is 0.139 e. The first kappa shape index (κ1) is 17.3. The average Bonchev–Trinajstić information content (AvgIpc) is 2.91. The minimum absolute atomic E-state index is 0.513. The number of thiophene rings is 1. The van der Waals surface area contributed by atoms with Crippen molar-refractivity contribution >= 4 is 27.4 Å². The van der Waals surface area contributed by atoms with Crippen LogP contribution in [0.5, 0.6) is 5.75 Å². The summed E-state index contributed by atoms with van der Waals surface area (Å²) in [6, 6.07) is 8.74. The van der Waals surface area contributed by atoms with Crippen LogP contribution in [0.15, 0.2) is 29.6 Å². The molecule has 26 heavy (non-hydrogen) atoms. The molecule has 1 aliphatic rings. The maximum atomic E-state index is 5.29. The van der Waals surface area contributed by atoms with Crippen molar-refractivity contribution in [3.63, 3.8) is 0 Å². The Hall–Kier alpha value is -2.14. The van der Waals surface area contributed by atoms with Gasteiger partial charge >= 0.3 is 0 Å². The van der Waals surface area contributed by atoms with E-state index in [1.165, 1.54) is 49.7 Å². The molecular weight excluding hydrogens is 342 g/mol. The molecule has 2 heterocycles. The summed E-state index contributed by atoms with van der Waals surface area (Å²) in [5.74, 6) is 2.69. The number of nitrogens with one attached hydrogen (secondary N) is 1. The minimum Gasteiger partial charge on any atom is -0.497 e. The molecule has 2 aromatic heterocycles. The molecule has 0 radical (unpaired) electrons. The molecule has 3 aromatic rings. The van der Waals surface area contributed by atoms with Crippen LogP contribution < -0.4 is 10.1 Å². The number of benzene rings is 1. The zero-order chi connectivity index (χ0) is 17.9. The van der Waals surface area contributed by atoms with E-state index < -0.39 is 0 Å². The van der Waals surface area contributed by atoms with Gasteiger partial charge in [0, 0.05) is 17.0 Å². The standard InChI is InChI=1S/C21H25N3OS/c1-14-22-20(24-16-7-5-3-4-6-8-16)19-18(13-26-21(19)23-14)15-9-11-17(25-2)12-10-15/h9-13,16H,3-8H2,1-2H3,(H,22,23,24). The molecule has 136 valence electrons. The van der Waals surface area contributed by atoms with E-state index >= 15 is 0 Å². The average molecular weight is 368 g/mol. The van der Waals surface area contributed by atoms with Crippen molar-refractivity contribution in [1.82, 2.24) is 9.97 Å². The van der Waals surface area contributed by atoms with Crippen molar-refractivity contribution in [3.05, 3.63) is 35.5 Å². The number of fused-ring (bicyclic) bond motifs is 1. The lowest BCUT2D eigenvalue weighted by molar-refractivity contribution is 0.415. The Morgan fingerprint density at radius 2 is 1.77 bits per heavy atom. The zero-order valence-electron chi connectivity index (χ0n) is 15.4. The summed E-state index contributed by atoms with van der Waals surface area (Å²) < 4.78 is 5.29. The number of methoxy groups -OCH3 is 1. The van der Waals surface area contributed by atoms with Gasteiger partial charge in [0.1, 0.15) is 22.2 Å². The molecule has 0 amide bonds. The van der Waals surface area contributed by atoms with Gasteiger partial charge < -0.3 is 10.1 Å². The lowest BCUT2D eigenvalue weighted by Crippen LogP contribution is -2.19. The predicted molar refractivity (Wildman–Crippen MR) is 109 cm³/mol. The summed E-state index contributed by atoms with van der Waals surface area (Å²) in [7, 11) is 1.69. The first-order chi connectivity index (χ1) is 12.7. The highest BCUT2D eigenvalue weighted by Crippen LogP contribution is 2.38. The first-order valence-electron chi connectivity index (χ1n) is 9.41. The van der Waals surface area contributed by atoms with E-state index in [4.69, 9.17) is 9.72 Å². The van der Waals surface area contributed by atoms with Crippen LogP contribution in [0.25, 0.3) is 21.3 Å². The molecule has 0 aliphatic heterocycles. The van der Waals surface area contributed by atoms with E-state index in [1.54, 1.807) is 18.4 Å². The Morgan fingerprint density at radius 3 is 2.46 bits per heavy atom. The van der Waals surface area contributed by atoms with Crippen LogP contribution in [0.2, 0.25) is 0 Å². The van der Waals surface area contributed by atoms with Crippen molar-refractivity contribution in [1.29, 1.82) is 0 Å². The number of ether oxygens (including phenoxy) is 1. The van der Waals surface area contributed by atoms with Gasteiger partial charge in [0.25, 0.3) is 0 Å². The number of nitrogens with zero attached hydrogens (tertiary/aromatic N) is 2. The largest absolute Gasteiger partial charge is 0.497 e. The molecule has 1 fully saturated rings. The highest BCUT2D eigenvalue weighted by atomic mass is 32.1. The van der Waals surface area contributed by atoms with Crippen LogP contribution in [-0.2, 0) is 0 Å². The lowest BCUT2D eigenvalue weighted by Gasteiger charge is -2.18. The molecule has 4 rings (SSSR count). The van der Waals surface area contributed by atoms with Crippen LogP contribution in [0.4, 0.5) is 5.82 Å². The molecule has 4 nitrogen and oxygen atoms in total. The summed E-state index contributed by atoms with van der Waals surface area (Å²) >= 11 is 1.69. The molecular formula is C21H25N3OS. The third-order valence-electron chi connectivity index (χ3n) is 5.14. The molecule has 5 heteroatoms. The molecule has 0 saturated heterocycles. The molecule has 0 atom stereocenters. The highest BCUT2D eigenvalue weighted by Gasteiger charge is 2.18. The summed E-state index contributed by atoms with van der Waals surface area (Å²) in [6.07, 6.45) is 7.77. The van der Waals surface area contributed by atoms with E-state index in [1.807, 2.05) is 19.1 Å². The monoisotopic (exact) mass is 367 g/mol. The fourth-order valence-electron chi connectivity index (χ4n) is 3.75. The van der Waals surface area contributed by atoms with Crippen LogP contribution in [0.3, 0.4) is 0 Å². The number of hydrogen-bond donors (Lipinski definition) is 1. The molecule has 0 spiro atoms. The Morgan fingerprint density at radius 1 is 1.04 bits per heavy atom. The quantitative estimate of drug-likeness (QED) is 0.591. The molecule has 0 unspecified atom stereocenters. The topological polar surface area (TPSA) is 47.0 Å². The number of aromatic nitrogens is 2. The van der Waals surface area contributed by atoms with Gasteiger partial charge in [0.05, 0.1) is 12.5 Å². The second-order valence-electron chi connectivity index (χ2n) is 7.01. The third kappa shape index (κ3) is 3.54. The third-order valence-corrected chi connectivity index (χ3v) is 6.01. The van der Waals surface area contributed by atoms with E-state index in [2.05, 4.69) is 27.8 Å². The van der Waals surface area contributed by atoms with Gasteiger partial charge in [0.15, 0.2) is 0 Å². The fraction of sp³-hybridized carbons (Fsp3) is 0.429. The van der Waals surface area contributed by atoms with Crippen molar-refractivity contribution in [3.8, 4) is 16.9 Å². The zero-order valence-corrected chi connectivity index (χ0v) is 16.2. The summed E-state index contributed by atoms with van der Waals surface area (Å²) in [6.45, 7) is 1.98. The van der Waals surface area contributed by atoms with Gasteiger partial charge in [-0.1, -0.05) is 37.8 Å². The van der Waals surface area contributed by atoms with Gasteiger partial charge in [-0.15, -0.1) is 11.3 Å². The second kappa shape index (κ2) is 7.62. The minimum atomic E-state index is 0.513. The Labute approximate surface area is 158 Å². The van der Waals surface area contributed by atoms with Crippen LogP contribution in [-0.4, -0.2) is 23.1 Å². The number of aryl methyl sites for hydroxylation is 1. The summed E-state index contributed by atoms with van der Waals surface area (Å²) in [5.41, 5.74) is 2.37. The van der Waals surface area contributed by atoms with E-state index in [-0.39, 0.29) is 0 Å². The highest BCUT2D eigenvalue weighted by molar-refractivity contribution is 7.17. The normalized spacial score (nSPS) is 15.8. The van der Waals surface area contributed by atoms with Crippen molar-refractivity contribution < 1.29 is 4.74 Å². The molecule has 1 aliphatic carbocycles. The van der Waals surface area contributed by atoms with Gasteiger partial charge in [-0.05, 0) is 37.5 Å². The molecule has 0 bridgehead atoms. The second-order valence-corrected chi connectivity index (χ2v) is 7.87. The number of rotatable bonds is 4. The van der Waals surface area contributed by atoms with Gasteiger partial charge in [-0.2, -0.15) is 0 Å². The predicted octanol–water partition coefficient (Wildman–Crippen LogP) is 5.81. The van der Waals surface area contributed by atoms with E-state index in [0.29, 0.717) is 6.04 Å². The Balaban J connectivity index is 1.74. The van der Waals surface area contributed by atoms with Crippen LogP contribution >= 0.6 is 11.3 Å². The maximum absolute atomic E-state index is 5.29. The van der Waals surface area contributed by atoms with E-state index in [9.17, 15) is 0 Å². The SMILES string of the molecule is COc1ccc(-c2csc3nc(C)nc(NC4CCCCCC4)c23)cc1. The van der Waals surface area contributed by atoms with Crippen LogP contribution in [0, 0.1) is 6.92 Å². The first-order valence-corrected chi connectivity index (χ1v) is 10.3. The van der Waals surface area contributed by atoms with Crippen LogP contribution in [0.1, 0.15) is 44.3 Å². The summed E-state index contributed by atoms with van der Waals surface area (Å²) in [5, 5.41) is 7.10. The Bertz CT molecular complexity index is 880. The molecule has 1 aromatic carbocycles. The fourth-order valence-corrected chi connectivity index (χ4v) is 4.75. The van der Waals surface area contributed by atoms with Gasteiger partial charge in [-0.25, -0.2) is 9.97 Å². The molecule has 1 N–H and O–H groups in total. The van der Waals surface area contributed by atoms with Gasteiger partial charge in [-0.3, -0.25) is 0 Å². The molecule has 1 saturated carbocycles. The van der Waals surface area contributed by atoms with E-state index in [0.717, 1.165) is 27.6 Å². The van der Waals surface area contributed by atoms with Gasteiger partial charge in [0.2, 0.25) is 0 Å². The smallest absolute Gasteiger partial charge is 0.139 e. The Kier molecular flexibility index (Phi) is 5.07. The number of hydrogen-bond acceptors (Lipinski definition) is 5.